The monoisotopic (exact) mass is 346 g/mol. The van der Waals surface area contributed by atoms with Crippen LogP contribution in [0, 0.1) is 29.1 Å². The topological polar surface area (TPSA) is 69.7 Å². The number of ketones is 1. The van der Waals surface area contributed by atoms with Crippen LogP contribution >= 0.6 is 0 Å². The molecule has 0 radical (unpaired) electrons. The predicted molar refractivity (Wildman–Crippen MR) is 91.4 cm³/mol. The average molecular weight is 346 g/mol. The maximum absolute atomic E-state index is 12.8. The highest BCUT2D eigenvalue weighted by atomic mass is 16.6. The van der Waals surface area contributed by atoms with Gasteiger partial charge in [0, 0.05) is 12.0 Å². The van der Waals surface area contributed by atoms with Gasteiger partial charge in [0.05, 0.1) is 11.3 Å². The standard InChI is InChI=1S/C20H26O5/c1-10(2)8-16(22)25-18-17-12(4)19(23)24-14(17)9-11(3)13-6-7-15(21)20(13,18)5/h6-8,11-14,17-18H,9H2,1-5H3/t11-,12+,13+,14-,17-,18+,20+/m1/s1. The summed E-state index contributed by atoms with van der Waals surface area (Å²) < 4.78 is 11.4. The van der Waals surface area contributed by atoms with Crippen LogP contribution in [0.3, 0.4) is 0 Å². The van der Waals surface area contributed by atoms with Gasteiger partial charge in [0.1, 0.15) is 12.2 Å². The zero-order chi connectivity index (χ0) is 18.5. The van der Waals surface area contributed by atoms with E-state index in [1.165, 1.54) is 6.08 Å². The van der Waals surface area contributed by atoms with Crippen molar-refractivity contribution in [2.75, 3.05) is 0 Å². The zero-order valence-corrected chi connectivity index (χ0v) is 15.4. The molecule has 2 aliphatic carbocycles. The van der Waals surface area contributed by atoms with Crippen LogP contribution in [-0.2, 0) is 23.9 Å². The van der Waals surface area contributed by atoms with Crippen molar-refractivity contribution in [3.63, 3.8) is 0 Å². The quantitative estimate of drug-likeness (QED) is 0.568. The Morgan fingerprint density at radius 1 is 1.32 bits per heavy atom. The van der Waals surface area contributed by atoms with Gasteiger partial charge in [0.15, 0.2) is 5.78 Å². The molecule has 0 aromatic heterocycles. The normalized spacial score (nSPS) is 42.3. The highest BCUT2D eigenvalue weighted by molar-refractivity contribution is 5.98. The number of hydrogen-bond donors (Lipinski definition) is 0. The minimum atomic E-state index is -0.855. The number of rotatable bonds is 2. The molecule has 0 aromatic carbocycles. The van der Waals surface area contributed by atoms with E-state index in [1.54, 1.807) is 13.0 Å². The van der Waals surface area contributed by atoms with Crippen LogP contribution in [-0.4, -0.2) is 29.9 Å². The number of esters is 2. The van der Waals surface area contributed by atoms with Crippen LogP contribution in [0.4, 0.5) is 0 Å². The van der Waals surface area contributed by atoms with E-state index < -0.39 is 23.4 Å². The van der Waals surface area contributed by atoms with Crippen LogP contribution in [0.15, 0.2) is 23.8 Å². The molecule has 5 nitrogen and oxygen atoms in total. The lowest BCUT2D eigenvalue weighted by molar-refractivity contribution is -0.162. The van der Waals surface area contributed by atoms with Gasteiger partial charge in [0.25, 0.3) is 0 Å². The van der Waals surface area contributed by atoms with Gasteiger partial charge in [-0.3, -0.25) is 9.59 Å². The maximum atomic E-state index is 12.8. The van der Waals surface area contributed by atoms with Crippen molar-refractivity contribution in [3.05, 3.63) is 23.8 Å². The Labute approximate surface area is 148 Å². The lowest BCUT2D eigenvalue weighted by Gasteiger charge is -2.40. The van der Waals surface area contributed by atoms with Crippen molar-refractivity contribution in [2.24, 2.45) is 29.1 Å². The number of hydrogen-bond acceptors (Lipinski definition) is 5. The molecule has 0 N–H and O–H groups in total. The van der Waals surface area contributed by atoms with Crippen molar-refractivity contribution in [1.29, 1.82) is 0 Å². The largest absolute Gasteiger partial charge is 0.462 e. The van der Waals surface area contributed by atoms with Gasteiger partial charge in [-0.15, -0.1) is 0 Å². The summed E-state index contributed by atoms with van der Waals surface area (Å²) in [5, 5.41) is 0. The molecule has 1 heterocycles. The Morgan fingerprint density at radius 3 is 2.64 bits per heavy atom. The van der Waals surface area contributed by atoms with Crippen LogP contribution < -0.4 is 0 Å². The van der Waals surface area contributed by atoms with Crippen molar-refractivity contribution in [3.8, 4) is 0 Å². The Morgan fingerprint density at radius 2 is 2.00 bits per heavy atom. The molecule has 1 aliphatic heterocycles. The van der Waals surface area contributed by atoms with E-state index in [1.807, 2.05) is 26.8 Å². The molecule has 3 aliphatic rings. The van der Waals surface area contributed by atoms with Gasteiger partial charge in [-0.2, -0.15) is 0 Å². The van der Waals surface area contributed by atoms with Gasteiger partial charge >= 0.3 is 11.9 Å². The molecule has 136 valence electrons. The third-order valence-corrected chi connectivity index (χ3v) is 6.13. The molecule has 0 unspecified atom stereocenters. The van der Waals surface area contributed by atoms with E-state index in [2.05, 4.69) is 6.92 Å². The first-order valence-electron chi connectivity index (χ1n) is 8.95. The SMILES string of the molecule is CC(C)=CC(=O)O[C@H]1[C@@H]2[C@H](C)C(=O)O[C@@H]2C[C@@H](C)[C@@H]2C=CC(=O)[C@]21C. The number of fused-ring (bicyclic) bond motifs is 2. The summed E-state index contributed by atoms with van der Waals surface area (Å²) in [7, 11) is 0. The van der Waals surface area contributed by atoms with Crippen molar-refractivity contribution in [1.82, 2.24) is 0 Å². The Balaban J connectivity index is 2.06. The fraction of sp³-hybridized carbons (Fsp3) is 0.650. The van der Waals surface area contributed by atoms with Gasteiger partial charge in [-0.05, 0) is 45.1 Å². The minimum absolute atomic E-state index is 0.0268. The third-order valence-electron chi connectivity index (χ3n) is 6.13. The first-order chi connectivity index (χ1) is 11.7. The molecular weight excluding hydrogens is 320 g/mol. The number of carbonyl (C=O) groups excluding carboxylic acids is 3. The Bertz CT molecular complexity index is 672. The molecule has 1 saturated carbocycles. The Hall–Kier alpha value is -1.91. The fourth-order valence-electron chi connectivity index (χ4n) is 4.83. The summed E-state index contributed by atoms with van der Waals surface area (Å²) >= 11 is 0. The smallest absolute Gasteiger partial charge is 0.330 e. The first kappa shape index (κ1) is 17.9. The van der Waals surface area contributed by atoms with E-state index in [0.717, 1.165) is 5.57 Å². The highest BCUT2D eigenvalue weighted by Gasteiger charge is 2.62. The van der Waals surface area contributed by atoms with Gasteiger partial charge in [-0.1, -0.05) is 25.5 Å². The van der Waals surface area contributed by atoms with E-state index in [4.69, 9.17) is 9.47 Å². The number of ether oxygens (including phenoxy) is 2. The summed E-state index contributed by atoms with van der Waals surface area (Å²) in [4.78, 5) is 37.3. The van der Waals surface area contributed by atoms with Gasteiger partial charge < -0.3 is 9.47 Å². The molecule has 3 rings (SSSR count). The summed E-state index contributed by atoms with van der Waals surface area (Å²) in [6.07, 6.45) is 4.64. The zero-order valence-electron chi connectivity index (χ0n) is 15.4. The molecule has 5 heteroatoms. The molecule has 0 aromatic rings. The molecule has 0 spiro atoms. The maximum Gasteiger partial charge on any atom is 0.330 e. The minimum Gasteiger partial charge on any atom is -0.462 e. The summed E-state index contributed by atoms with van der Waals surface area (Å²) in [6.45, 7) is 9.37. The molecule has 7 atom stereocenters. The molecule has 0 bridgehead atoms. The Kier molecular flexibility index (Phi) is 4.38. The van der Waals surface area contributed by atoms with Crippen molar-refractivity contribution < 1.29 is 23.9 Å². The van der Waals surface area contributed by atoms with Crippen LogP contribution in [0.5, 0.6) is 0 Å². The van der Waals surface area contributed by atoms with Crippen LogP contribution in [0.1, 0.15) is 41.0 Å². The molecule has 25 heavy (non-hydrogen) atoms. The number of carbonyl (C=O) groups is 3. The van der Waals surface area contributed by atoms with E-state index in [-0.39, 0.29) is 35.6 Å². The molecular formula is C20H26O5. The second-order valence-electron chi connectivity index (χ2n) is 8.17. The molecule has 1 saturated heterocycles. The average Bonchev–Trinajstić information content (AvgIpc) is 2.92. The van der Waals surface area contributed by atoms with Gasteiger partial charge in [-0.25, -0.2) is 4.79 Å². The van der Waals surface area contributed by atoms with Gasteiger partial charge in [0.2, 0.25) is 0 Å². The lowest BCUT2D eigenvalue weighted by Crippen LogP contribution is -2.50. The third kappa shape index (κ3) is 2.74. The van der Waals surface area contributed by atoms with Crippen LogP contribution in [0.25, 0.3) is 0 Å². The summed E-state index contributed by atoms with van der Waals surface area (Å²) in [5.41, 5.74) is -0.0282. The second-order valence-corrected chi connectivity index (χ2v) is 8.17. The first-order valence-corrected chi connectivity index (χ1v) is 8.95. The molecule has 2 fully saturated rings. The summed E-state index contributed by atoms with van der Waals surface area (Å²) in [6, 6.07) is 0. The lowest BCUT2D eigenvalue weighted by atomic mass is 9.66. The van der Waals surface area contributed by atoms with Crippen LogP contribution in [0.2, 0.25) is 0 Å². The fourth-order valence-corrected chi connectivity index (χ4v) is 4.83. The van der Waals surface area contributed by atoms with E-state index >= 15 is 0 Å². The highest BCUT2D eigenvalue weighted by Crippen LogP contribution is 2.54. The van der Waals surface area contributed by atoms with Crippen molar-refractivity contribution in [2.45, 2.75) is 53.2 Å². The summed E-state index contributed by atoms with van der Waals surface area (Å²) in [5.74, 6) is -1.34. The second kappa shape index (κ2) is 6.11. The number of allylic oxidation sites excluding steroid dienone is 3. The van der Waals surface area contributed by atoms with Crippen molar-refractivity contribution >= 4 is 17.7 Å². The predicted octanol–water partition coefficient (Wildman–Crippen LogP) is 2.84. The van der Waals surface area contributed by atoms with E-state index in [0.29, 0.717) is 6.42 Å². The van der Waals surface area contributed by atoms with E-state index in [9.17, 15) is 14.4 Å². The molecule has 0 amide bonds.